The van der Waals surface area contributed by atoms with Crippen molar-refractivity contribution in [3.8, 4) is 0 Å². The molecule has 0 unspecified atom stereocenters. The number of halogens is 1. The van der Waals surface area contributed by atoms with E-state index in [1.807, 2.05) is 0 Å². The number of aromatic nitrogens is 1. The van der Waals surface area contributed by atoms with E-state index in [0.717, 1.165) is 5.57 Å². The van der Waals surface area contributed by atoms with Gasteiger partial charge in [-0.1, -0.05) is 54.7 Å². The van der Waals surface area contributed by atoms with Gasteiger partial charge in [0, 0.05) is 18.0 Å². The molecule has 0 aromatic carbocycles. The van der Waals surface area contributed by atoms with E-state index in [1.54, 1.807) is 18.2 Å². The van der Waals surface area contributed by atoms with Gasteiger partial charge in [0.05, 0.1) is 9.95 Å². The monoisotopic (exact) mass is 282 g/mol. The second-order valence-electron chi connectivity index (χ2n) is 3.21. The number of rotatable bonds is 6. The van der Waals surface area contributed by atoms with Crippen LogP contribution in [0, 0.1) is 10.1 Å². The molecule has 0 bridgehead atoms. The number of nitrogens with zero attached hydrogens (tertiary/aromatic N) is 2. The topological polar surface area (TPSA) is 56.0 Å². The van der Waals surface area contributed by atoms with Crippen molar-refractivity contribution in [1.29, 1.82) is 0 Å². The van der Waals surface area contributed by atoms with E-state index in [4.69, 9.17) is 11.6 Å². The second kappa shape index (κ2) is 6.98. The van der Waals surface area contributed by atoms with Gasteiger partial charge in [0.25, 0.3) is 0 Å². The molecule has 0 aliphatic carbocycles. The summed E-state index contributed by atoms with van der Waals surface area (Å²) in [5, 5.41) is 11.4. The van der Waals surface area contributed by atoms with Crippen LogP contribution in [0.4, 0.5) is 5.69 Å². The number of hydrogen-bond donors (Lipinski definition) is 0. The summed E-state index contributed by atoms with van der Waals surface area (Å²) in [4.78, 5) is 14.3. The minimum Gasteiger partial charge on any atom is -0.258 e. The molecule has 1 heterocycles. The van der Waals surface area contributed by atoms with Gasteiger partial charge in [-0.05, 0) is 5.57 Å². The van der Waals surface area contributed by atoms with Crippen molar-refractivity contribution in [3.05, 3.63) is 64.4 Å². The molecule has 0 amide bonds. The van der Waals surface area contributed by atoms with Crippen molar-refractivity contribution in [3.63, 3.8) is 0 Å². The average molecular weight is 283 g/mol. The number of allylic oxidation sites excluding steroid dienone is 3. The van der Waals surface area contributed by atoms with Crippen LogP contribution in [0.3, 0.4) is 0 Å². The van der Waals surface area contributed by atoms with E-state index in [0.29, 0.717) is 10.8 Å². The highest BCUT2D eigenvalue weighted by Gasteiger charge is 2.16. The van der Waals surface area contributed by atoms with Gasteiger partial charge < -0.3 is 0 Å². The first-order valence-electron chi connectivity index (χ1n) is 4.95. The van der Waals surface area contributed by atoms with Gasteiger partial charge in [-0.2, -0.15) is 0 Å². The number of pyridine rings is 1. The maximum absolute atomic E-state index is 10.9. The fourth-order valence-corrected chi connectivity index (χ4v) is 2.21. The lowest BCUT2D eigenvalue weighted by atomic mass is 10.3. The van der Waals surface area contributed by atoms with Crippen LogP contribution in [0.2, 0.25) is 5.02 Å². The summed E-state index contributed by atoms with van der Waals surface area (Å²) in [7, 11) is 0. The summed E-state index contributed by atoms with van der Waals surface area (Å²) in [5.74, 6) is 0.533. The van der Waals surface area contributed by atoms with Gasteiger partial charge >= 0.3 is 5.69 Å². The molecule has 0 atom stereocenters. The number of nitro groups is 1. The van der Waals surface area contributed by atoms with Gasteiger partial charge in [0.1, 0.15) is 0 Å². The Morgan fingerprint density at radius 1 is 1.61 bits per heavy atom. The van der Waals surface area contributed by atoms with Crippen molar-refractivity contribution >= 4 is 29.1 Å². The molecule has 0 radical (unpaired) electrons. The summed E-state index contributed by atoms with van der Waals surface area (Å²) in [6.45, 7) is 7.24. The predicted molar refractivity (Wildman–Crippen MR) is 75.1 cm³/mol. The maximum Gasteiger partial charge on any atom is 0.302 e. The van der Waals surface area contributed by atoms with E-state index in [1.165, 1.54) is 24.0 Å². The average Bonchev–Trinajstić information content (AvgIpc) is 2.35. The van der Waals surface area contributed by atoms with E-state index in [2.05, 4.69) is 18.1 Å². The summed E-state index contributed by atoms with van der Waals surface area (Å²) >= 11 is 6.94. The molecule has 0 aliphatic rings. The largest absolute Gasteiger partial charge is 0.302 e. The Kier molecular flexibility index (Phi) is 5.61. The van der Waals surface area contributed by atoms with Crippen molar-refractivity contribution in [2.75, 3.05) is 5.75 Å². The van der Waals surface area contributed by atoms with Crippen molar-refractivity contribution in [2.45, 2.75) is 5.03 Å². The molecule has 18 heavy (non-hydrogen) atoms. The fourth-order valence-electron chi connectivity index (χ4n) is 1.14. The molecule has 1 rings (SSSR count). The Balaban J connectivity index is 2.91. The molecule has 6 heteroatoms. The van der Waals surface area contributed by atoms with Gasteiger partial charge in [0.15, 0.2) is 5.03 Å². The lowest BCUT2D eigenvalue weighted by molar-refractivity contribution is -0.388. The Labute approximate surface area is 114 Å². The molecule has 0 saturated heterocycles. The summed E-state index contributed by atoms with van der Waals surface area (Å²) < 4.78 is 0. The molecule has 0 aliphatic heterocycles. The summed E-state index contributed by atoms with van der Waals surface area (Å²) in [5.41, 5.74) is 0.829. The van der Waals surface area contributed by atoms with E-state index in [-0.39, 0.29) is 10.7 Å². The maximum atomic E-state index is 10.9. The standard InChI is InChI=1S/C12H11ClN2O2S/c1-3-5-9(4-2)8-18-12-11(15(16)17)6-10(13)7-14-12/h3-7H,1-2,8H2/b9-5+. The molecule has 0 spiro atoms. The zero-order chi connectivity index (χ0) is 13.5. The predicted octanol–water partition coefficient (Wildman–Crippen LogP) is 4.03. The molecule has 0 fully saturated rings. The second-order valence-corrected chi connectivity index (χ2v) is 4.61. The smallest absolute Gasteiger partial charge is 0.258 e. The van der Waals surface area contributed by atoms with Gasteiger partial charge in [-0.25, -0.2) is 4.98 Å². The minimum absolute atomic E-state index is 0.0884. The van der Waals surface area contributed by atoms with Crippen LogP contribution in [0.15, 0.2) is 54.2 Å². The van der Waals surface area contributed by atoms with E-state index < -0.39 is 4.92 Å². The molecular weight excluding hydrogens is 272 g/mol. The third kappa shape index (κ3) is 4.01. The first-order valence-corrected chi connectivity index (χ1v) is 6.31. The Hall–Kier alpha value is -1.59. The summed E-state index contributed by atoms with van der Waals surface area (Å²) in [6.07, 6.45) is 6.50. The van der Waals surface area contributed by atoms with E-state index in [9.17, 15) is 10.1 Å². The minimum atomic E-state index is -0.494. The lowest BCUT2D eigenvalue weighted by Gasteiger charge is -2.03. The lowest BCUT2D eigenvalue weighted by Crippen LogP contribution is -1.94. The van der Waals surface area contributed by atoms with Crippen LogP contribution in [-0.2, 0) is 0 Å². The molecule has 94 valence electrons. The fraction of sp³-hybridized carbons (Fsp3) is 0.0833. The molecule has 1 aromatic rings. The van der Waals surface area contributed by atoms with Crippen LogP contribution in [-0.4, -0.2) is 15.7 Å². The van der Waals surface area contributed by atoms with Crippen LogP contribution in [0.1, 0.15) is 0 Å². The van der Waals surface area contributed by atoms with Crippen molar-refractivity contribution in [1.82, 2.24) is 4.98 Å². The molecule has 0 saturated carbocycles. The van der Waals surface area contributed by atoms with E-state index >= 15 is 0 Å². The van der Waals surface area contributed by atoms with Crippen LogP contribution in [0.25, 0.3) is 0 Å². The first-order chi connectivity index (χ1) is 8.58. The van der Waals surface area contributed by atoms with Crippen LogP contribution in [0.5, 0.6) is 0 Å². The molecular formula is C12H11ClN2O2S. The van der Waals surface area contributed by atoms with Crippen LogP contribution < -0.4 is 0 Å². The molecule has 4 nitrogen and oxygen atoms in total. The Morgan fingerprint density at radius 3 is 2.89 bits per heavy atom. The zero-order valence-corrected chi connectivity index (χ0v) is 11.1. The van der Waals surface area contributed by atoms with Gasteiger partial charge in [0.2, 0.25) is 0 Å². The van der Waals surface area contributed by atoms with Crippen molar-refractivity contribution in [2.24, 2.45) is 0 Å². The zero-order valence-electron chi connectivity index (χ0n) is 9.51. The highest BCUT2D eigenvalue weighted by atomic mass is 35.5. The van der Waals surface area contributed by atoms with Gasteiger partial charge in [-0.15, -0.1) is 0 Å². The number of thioether (sulfide) groups is 1. The Bertz CT molecular complexity index is 515. The third-order valence-corrected chi connectivity index (χ3v) is 3.24. The normalized spacial score (nSPS) is 11.1. The molecule has 1 aromatic heterocycles. The quantitative estimate of drug-likeness (QED) is 0.342. The SMILES string of the molecule is C=C/C=C(\C=C)CSc1ncc(Cl)cc1[N+](=O)[O-]. The van der Waals surface area contributed by atoms with Crippen LogP contribution >= 0.6 is 23.4 Å². The highest BCUT2D eigenvalue weighted by Crippen LogP contribution is 2.30. The third-order valence-electron chi connectivity index (χ3n) is 1.97. The Morgan fingerprint density at radius 2 is 2.33 bits per heavy atom. The number of hydrogen-bond acceptors (Lipinski definition) is 4. The van der Waals surface area contributed by atoms with Gasteiger partial charge in [-0.3, -0.25) is 10.1 Å². The highest BCUT2D eigenvalue weighted by molar-refractivity contribution is 7.99. The first kappa shape index (κ1) is 14.5. The summed E-state index contributed by atoms with van der Waals surface area (Å²) in [6, 6.07) is 1.29. The van der Waals surface area contributed by atoms with Crippen molar-refractivity contribution < 1.29 is 4.92 Å². The molecule has 0 N–H and O–H groups in total.